The first kappa shape index (κ1) is 24.4. The van der Waals surface area contributed by atoms with Gasteiger partial charge in [-0.05, 0) is 46.3 Å². The Morgan fingerprint density at radius 3 is 2.38 bits per heavy atom. The van der Waals surface area contributed by atoms with E-state index in [1.807, 2.05) is 42.5 Å². The smallest absolute Gasteiger partial charge is 0.275 e. The molecule has 4 N–H and O–H groups in total. The summed E-state index contributed by atoms with van der Waals surface area (Å²) in [6, 6.07) is 23.0. The number of benzodiazepines with no additional fused rings is 1. The molecule has 1 aliphatic rings. The normalized spacial score (nSPS) is 14.6. The van der Waals surface area contributed by atoms with Gasteiger partial charge in [0.25, 0.3) is 17.7 Å². The van der Waals surface area contributed by atoms with Crippen molar-refractivity contribution in [3.63, 3.8) is 0 Å². The predicted octanol–water partition coefficient (Wildman–Crippen LogP) is 4.62. The first-order chi connectivity index (χ1) is 17.9. The second-order valence-corrected chi connectivity index (χ2v) is 9.21. The number of fused-ring (bicyclic) bond motifs is 1. The fourth-order valence-corrected chi connectivity index (χ4v) is 4.30. The van der Waals surface area contributed by atoms with Crippen molar-refractivity contribution < 1.29 is 14.4 Å². The molecule has 5 rings (SSSR count). The average Bonchev–Trinajstić information content (AvgIpc) is 3.20. The van der Waals surface area contributed by atoms with Crippen molar-refractivity contribution in [2.24, 2.45) is 4.99 Å². The Labute approximate surface area is 224 Å². The number of hydrogen-bond donors (Lipinski definition) is 4. The van der Waals surface area contributed by atoms with Gasteiger partial charge in [0.15, 0.2) is 5.69 Å². The van der Waals surface area contributed by atoms with E-state index in [-0.39, 0.29) is 16.0 Å². The van der Waals surface area contributed by atoms with Crippen LogP contribution < -0.4 is 16.0 Å². The van der Waals surface area contributed by atoms with Gasteiger partial charge in [0.05, 0.1) is 15.9 Å². The SMILES string of the molecule is O=C(Nc1[nH]nc(C(=O)NC2N=C(c3ccccc3)c3ccccc3NC2=O)c1Br)c1ccc(Cl)cc1. The van der Waals surface area contributed by atoms with Crippen LogP contribution in [0.2, 0.25) is 5.02 Å². The minimum atomic E-state index is -1.23. The number of aromatic nitrogens is 2. The third kappa shape index (κ3) is 5.16. The number of anilines is 2. The van der Waals surface area contributed by atoms with Crippen LogP contribution in [0.1, 0.15) is 32.0 Å². The molecule has 1 aromatic heterocycles. The molecule has 4 aromatic rings. The van der Waals surface area contributed by atoms with E-state index >= 15 is 0 Å². The van der Waals surface area contributed by atoms with Gasteiger partial charge >= 0.3 is 0 Å². The Hall–Kier alpha value is -4.28. The zero-order chi connectivity index (χ0) is 25.9. The zero-order valence-corrected chi connectivity index (χ0v) is 21.3. The van der Waals surface area contributed by atoms with E-state index in [1.165, 1.54) is 0 Å². The number of H-pyrrole nitrogens is 1. The highest BCUT2D eigenvalue weighted by Gasteiger charge is 2.29. The van der Waals surface area contributed by atoms with Gasteiger partial charge in [-0.1, -0.05) is 60.1 Å². The highest BCUT2D eigenvalue weighted by atomic mass is 79.9. The Morgan fingerprint density at radius 1 is 0.919 bits per heavy atom. The molecule has 2 heterocycles. The average molecular weight is 578 g/mol. The Balaban J connectivity index is 1.39. The number of nitrogens with one attached hydrogen (secondary N) is 4. The zero-order valence-electron chi connectivity index (χ0n) is 19.0. The van der Waals surface area contributed by atoms with Gasteiger partial charge in [-0.3, -0.25) is 19.5 Å². The topological polar surface area (TPSA) is 128 Å². The van der Waals surface area contributed by atoms with Crippen LogP contribution in [-0.2, 0) is 4.79 Å². The lowest BCUT2D eigenvalue weighted by atomic mass is 10.0. The molecule has 9 nitrogen and oxygen atoms in total. The van der Waals surface area contributed by atoms with Gasteiger partial charge in [-0.25, -0.2) is 4.99 Å². The van der Waals surface area contributed by atoms with E-state index in [0.29, 0.717) is 22.0 Å². The number of hydrogen-bond acceptors (Lipinski definition) is 5. The number of rotatable bonds is 5. The summed E-state index contributed by atoms with van der Waals surface area (Å²) < 4.78 is 0.219. The number of carbonyl (C=O) groups is 3. The summed E-state index contributed by atoms with van der Waals surface area (Å²) in [7, 11) is 0. The maximum absolute atomic E-state index is 13.1. The molecule has 0 saturated carbocycles. The number of amides is 3. The minimum Gasteiger partial charge on any atom is -0.322 e. The van der Waals surface area contributed by atoms with Crippen molar-refractivity contribution in [3.8, 4) is 0 Å². The highest BCUT2D eigenvalue weighted by Crippen LogP contribution is 2.26. The largest absolute Gasteiger partial charge is 0.322 e. The molecule has 1 atom stereocenters. The first-order valence-electron chi connectivity index (χ1n) is 11.1. The number of para-hydroxylation sites is 1. The Kier molecular flexibility index (Phi) is 6.85. The summed E-state index contributed by atoms with van der Waals surface area (Å²) in [5, 5.41) is 15.2. The van der Waals surface area contributed by atoms with Gasteiger partial charge in [0, 0.05) is 21.7 Å². The maximum atomic E-state index is 13.1. The molecule has 1 unspecified atom stereocenters. The number of aromatic amines is 1. The van der Waals surface area contributed by atoms with E-state index < -0.39 is 23.9 Å². The number of carbonyl (C=O) groups excluding carboxylic acids is 3. The molecule has 0 saturated heterocycles. The molecule has 0 bridgehead atoms. The monoisotopic (exact) mass is 576 g/mol. The lowest BCUT2D eigenvalue weighted by molar-refractivity contribution is -0.117. The summed E-state index contributed by atoms with van der Waals surface area (Å²) >= 11 is 9.18. The summed E-state index contributed by atoms with van der Waals surface area (Å²) in [4.78, 5) is 43.3. The molecule has 0 fully saturated rings. The Morgan fingerprint density at radius 2 is 1.62 bits per heavy atom. The van der Waals surface area contributed by atoms with Crippen molar-refractivity contribution in [3.05, 3.63) is 111 Å². The van der Waals surface area contributed by atoms with E-state index in [9.17, 15) is 14.4 Å². The standard InChI is InChI=1S/C26H18BrClN6O3/c27-19-21(33-34-22(19)31-24(35)15-10-12-16(28)13-11-15)25(36)32-23-26(37)29-18-9-5-4-8-17(18)20(30-23)14-6-2-1-3-7-14/h1-13,23H,(H,29,37)(H,32,36)(H2,31,33,34,35). The molecule has 3 aromatic carbocycles. The van der Waals surface area contributed by atoms with Crippen LogP contribution in [0.5, 0.6) is 0 Å². The van der Waals surface area contributed by atoms with Crippen molar-refractivity contribution in [2.45, 2.75) is 6.17 Å². The molecule has 0 aliphatic carbocycles. The molecular formula is C26H18BrClN6O3. The first-order valence-corrected chi connectivity index (χ1v) is 12.2. The summed E-state index contributed by atoms with van der Waals surface area (Å²) in [5.41, 5.74) is 2.97. The molecule has 11 heteroatoms. The molecule has 3 amide bonds. The number of benzene rings is 3. The van der Waals surface area contributed by atoms with Gasteiger partial charge in [-0.2, -0.15) is 5.10 Å². The third-order valence-electron chi connectivity index (χ3n) is 5.53. The van der Waals surface area contributed by atoms with Crippen LogP contribution in [0.4, 0.5) is 11.5 Å². The van der Waals surface area contributed by atoms with Crippen molar-refractivity contribution in [2.75, 3.05) is 10.6 Å². The van der Waals surface area contributed by atoms with Gasteiger partial charge in [0.2, 0.25) is 6.17 Å². The second kappa shape index (κ2) is 10.4. The third-order valence-corrected chi connectivity index (χ3v) is 6.55. The fourth-order valence-electron chi connectivity index (χ4n) is 3.72. The number of halogens is 2. The summed E-state index contributed by atoms with van der Waals surface area (Å²) in [5.74, 6) is -1.42. The van der Waals surface area contributed by atoms with Crippen LogP contribution >= 0.6 is 27.5 Å². The molecule has 37 heavy (non-hydrogen) atoms. The van der Waals surface area contributed by atoms with E-state index in [0.717, 1.165) is 11.1 Å². The van der Waals surface area contributed by atoms with E-state index in [1.54, 1.807) is 36.4 Å². The Bertz CT molecular complexity index is 1540. The molecular weight excluding hydrogens is 560 g/mol. The van der Waals surface area contributed by atoms with Crippen LogP contribution in [0.25, 0.3) is 0 Å². The van der Waals surface area contributed by atoms with Gasteiger partial charge in [-0.15, -0.1) is 0 Å². The lowest BCUT2D eigenvalue weighted by Gasteiger charge is -2.12. The van der Waals surface area contributed by atoms with Crippen LogP contribution in [0.15, 0.2) is 88.3 Å². The van der Waals surface area contributed by atoms with Crippen molar-refractivity contribution in [1.82, 2.24) is 15.5 Å². The van der Waals surface area contributed by atoms with E-state index in [2.05, 4.69) is 47.1 Å². The molecule has 184 valence electrons. The van der Waals surface area contributed by atoms with Crippen molar-refractivity contribution >= 4 is 62.5 Å². The van der Waals surface area contributed by atoms with Crippen LogP contribution in [-0.4, -0.2) is 39.8 Å². The minimum absolute atomic E-state index is 0.0579. The number of nitrogens with zero attached hydrogens (tertiary/aromatic N) is 2. The highest BCUT2D eigenvalue weighted by molar-refractivity contribution is 9.10. The van der Waals surface area contributed by atoms with Crippen LogP contribution in [0.3, 0.4) is 0 Å². The van der Waals surface area contributed by atoms with Crippen LogP contribution in [0, 0.1) is 0 Å². The summed E-state index contributed by atoms with van der Waals surface area (Å²) in [6.45, 7) is 0. The molecule has 1 aliphatic heterocycles. The fraction of sp³-hybridized carbons (Fsp3) is 0.0385. The van der Waals surface area contributed by atoms with E-state index in [4.69, 9.17) is 11.6 Å². The van der Waals surface area contributed by atoms with Gasteiger partial charge < -0.3 is 16.0 Å². The number of aliphatic imine (C=N–C) groups is 1. The summed E-state index contributed by atoms with van der Waals surface area (Å²) in [6.07, 6.45) is -1.23. The lowest BCUT2D eigenvalue weighted by Crippen LogP contribution is -2.42. The second-order valence-electron chi connectivity index (χ2n) is 7.98. The van der Waals surface area contributed by atoms with Crippen molar-refractivity contribution in [1.29, 1.82) is 0 Å². The maximum Gasteiger partial charge on any atom is 0.275 e. The molecule has 0 spiro atoms. The van der Waals surface area contributed by atoms with Gasteiger partial charge in [0.1, 0.15) is 5.82 Å². The predicted molar refractivity (Wildman–Crippen MR) is 144 cm³/mol. The quantitative estimate of drug-likeness (QED) is 0.276. The molecule has 0 radical (unpaired) electrons.